The number of hydrogen-bond acceptors (Lipinski definition) is 5. The van der Waals surface area contributed by atoms with E-state index in [0.717, 1.165) is 19.5 Å². The number of amides is 1. The van der Waals surface area contributed by atoms with Crippen LogP contribution in [0.5, 0.6) is 0 Å². The Balaban J connectivity index is 2.19. The molecule has 2 atom stereocenters. The van der Waals surface area contributed by atoms with Gasteiger partial charge >= 0.3 is 6.09 Å². The molecule has 1 rings (SSSR count). The quantitative estimate of drug-likeness (QED) is 0.714. The van der Waals surface area contributed by atoms with Gasteiger partial charge in [0, 0.05) is 25.7 Å². The topological polar surface area (TPSA) is 71.0 Å². The van der Waals surface area contributed by atoms with Gasteiger partial charge in [0.1, 0.15) is 0 Å². The molecule has 0 aliphatic carbocycles. The summed E-state index contributed by atoms with van der Waals surface area (Å²) in [6.07, 6.45) is 0.133. The maximum atomic E-state index is 11.1. The van der Waals surface area contributed by atoms with Crippen LogP contribution in [-0.2, 0) is 9.47 Å². The second kappa shape index (κ2) is 7.56. The predicted molar refractivity (Wildman–Crippen MR) is 67.5 cm³/mol. The van der Waals surface area contributed by atoms with Crippen LogP contribution < -0.4 is 5.32 Å². The van der Waals surface area contributed by atoms with Gasteiger partial charge in [-0.1, -0.05) is 0 Å². The maximum absolute atomic E-state index is 11.1. The summed E-state index contributed by atoms with van der Waals surface area (Å²) < 4.78 is 9.91. The number of aliphatic hydroxyl groups is 1. The predicted octanol–water partition coefficient (Wildman–Crippen LogP) is 0.203. The van der Waals surface area contributed by atoms with Gasteiger partial charge in [-0.25, -0.2) is 4.79 Å². The lowest BCUT2D eigenvalue weighted by Gasteiger charge is -2.21. The van der Waals surface area contributed by atoms with Crippen LogP contribution in [0, 0.1) is 0 Å². The SMILES string of the molecule is COC(=O)NC1CCN(CC(O)COC(C)C)C1. The van der Waals surface area contributed by atoms with Gasteiger partial charge in [0.15, 0.2) is 0 Å². The number of methoxy groups -OCH3 is 1. The molecule has 1 fully saturated rings. The van der Waals surface area contributed by atoms with Gasteiger partial charge in [0.05, 0.1) is 25.9 Å². The Morgan fingerprint density at radius 2 is 2.28 bits per heavy atom. The van der Waals surface area contributed by atoms with E-state index in [1.807, 2.05) is 13.8 Å². The summed E-state index contributed by atoms with van der Waals surface area (Å²) in [5, 5.41) is 12.6. The first-order valence-corrected chi connectivity index (χ1v) is 6.37. The van der Waals surface area contributed by atoms with Gasteiger partial charge in [0.2, 0.25) is 0 Å². The Hall–Kier alpha value is -0.850. The molecule has 106 valence electrons. The zero-order valence-electron chi connectivity index (χ0n) is 11.4. The molecule has 0 aromatic carbocycles. The molecule has 0 aromatic heterocycles. The molecular weight excluding hydrogens is 236 g/mol. The molecule has 1 saturated heterocycles. The molecule has 18 heavy (non-hydrogen) atoms. The Morgan fingerprint density at radius 3 is 2.89 bits per heavy atom. The lowest BCUT2D eigenvalue weighted by molar-refractivity contribution is -0.00600. The average molecular weight is 260 g/mol. The van der Waals surface area contributed by atoms with Crippen molar-refractivity contribution in [3.63, 3.8) is 0 Å². The smallest absolute Gasteiger partial charge is 0.407 e. The number of carbonyl (C=O) groups excluding carboxylic acids is 1. The zero-order chi connectivity index (χ0) is 13.5. The Labute approximate surface area is 108 Å². The highest BCUT2D eigenvalue weighted by Crippen LogP contribution is 2.10. The van der Waals surface area contributed by atoms with Crippen LogP contribution >= 0.6 is 0 Å². The Morgan fingerprint density at radius 1 is 1.56 bits per heavy atom. The molecule has 6 heteroatoms. The van der Waals surface area contributed by atoms with Crippen molar-refractivity contribution in [2.24, 2.45) is 0 Å². The van der Waals surface area contributed by atoms with Gasteiger partial charge in [-0.3, -0.25) is 4.90 Å². The van der Waals surface area contributed by atoms with E-state index in [9.17, 15) is 9.90 Å². The lowest BCUT2D eigenvalue weighted by atomic mass is 10.3. The number of β-amino-alcohol motifs (C(OH)–C–C–N with tert-alkyl or cyclic N) is 1. The molecule has 0 spiro atoms. The monoisotopic (exact) mass is 260 g/mol. The fourth-order valence-electron chi connectivity index (χ4n) is 2.00. The van der Waals surface area contributed by atoms with Gasteiger partial charge in [0.25, 0.3) is 0 Å². The first-order valence-electron chi connectivity index (χ1n) is 6.37. The molecule has 1 aliphatic heterocycles. The summed E-state index contributed by atoms with van der Waals surface area (Å²) in [5.74, 6) is 0. The summed E-state index contributed by atoms with van der Waals surface area (Å²) in [6, 6.07) is 0.107. The fraction of sp³-hybridized carbons (Fsp3) is 0.917. The number of aliphatic hydroxyl groups excluding tert-OH is 1. The molecule has 6 nitrogen and oxygen atoms in total. The van der Waals surface area contributed by atoms with Crippen molar-refractivity contribution >= 4 is 6.09 Å². The molecule has 0 radical (unpaired) electrons. The van der Waals surface area contributed by atoms with Crippen LogP contribution in [0.3, 0.4) is 0 Å². The summed E-state index contributed by atoms with van der Waals surface area (Å²) in [5.41, 5.74) is 0. The van der Waals surface area contributed by atoms with Crippen LogP contribution in [0.4, 0.5) is 4.79 Å². The minimum atomic E-state index is -0.482. The van der Waals surface area contributed by atoms with Crippen LogP contribution in [0.1, 0.15) is 20.3 Å². The van der Waals surface area contributed by atoms with Crippen molar-refractivity contribution in [2.75, 3.05) is 33.4 Å². The minimum absolute atomic E-state index is 0.107. The number of ether oxygens (including phenoxy) is 2. The Bertz CT molecular complexity index is 260. The molecule has 2 unspecified atom stereocenters. The summed E-state index contributed by atoms with van der Waals surface area (Å²) in [7, 11) is 1.36. The van der Waals surface area contributed by atoms with Crippen molar-refractivity contribution < 1.29 is 19.4 Å². The second-order valence-electron chi connectivity index (χ2n) is 4.92. The third-order valence-corrected chi connectivity index (χ3v) is 2.87. The van der Waals surface area contributed by atoms with Crippen molar-refractivity contribution in [2.45, 2.75) is 38.5 Å². The maximum Gasteiger partial charge on any atom is 0.407 e. The second-order valence-corrected chi connectivity index (χ2v) is 4.92. The first kappa shape index (κ1) is 15.2. The average Bonchev–Trinajstić information content (AvgIpc) is 2.73. The van der Waals surface area contributed by atoms with E-state index >= 15 is 0 Å². The summed E-state index contributed by atoms with van der Waals surface area (Å²) in [6.45, 7) is 6.42. The number of rotatable bonds is 6. The highest BCUT2D eigenvalue weighted by atomic mass is 16.5. The molecule has 0 aromatic rings. The first-order chi connectivity index (χ1) is 8.51. The van der Waals surface area contributed by atoms with Gasteiger partial charge in [-0.05, 0) is 20.3 Å². The molecule has 0 bridgehead atoms. The fourth-order valence-corrected chi connectivity index (χ4v) is 2.00. The number of likely N-dealkylation sites (tertiary alicyclic amines) is 1. The lowest BCUT2D eigenvalue weighted by Crippen LogP contribution is -2.39. The molecule has 1 amide bonds. The highest BCUT2D eigenvalue weighted by molar-refractivity contribution is 5.67. The third-order valence-electron chi connectivity index (χ3n) is 2.87. The van der Waals surface area contributed by atoms with E-state index in [0.29, 0.717) is 13.2 Å². The van der Waals surface area contributed by atoms with Crippen LogP contribution in [0.15, 0.2) is 0 Å². The number of carbonyl (C=O) groups is 1. The molecule has 2 N–H and O–H groups in total. The molecule has 1 aliphatic rings. The number of hydrogen-bond donors (Lipinski definition) is 2. The summed E-state index contributed by atoms with van der Waals surface area (Å²) in [4.78, 5) is 13.2. The zero-order valence-corrected chi connectivity index (χ0v) is 11.4. The standard InChI is InChI=1S/C12H24N2O4/c1-9(2)18-8-11(15)7-14-5-4-10(6-14)13-12(16)17-3/h9-11,15H,4-8H2,1-3H3,(H,13,16). The van der Waals surface area contributed by atoms with E-state index in [1.54, 1.807) is 0 Å². The van der Waals surface area contributed by atoms with E-state index < -0.39 is 12.2 Å². The van der Waals surface area contributed by atoms with Gasteiger partial charge < -0.3 is 19.9 Å². The highest BCUT2D eigenvalue weighted by Gasteiger charge is 2.25. The van der Waals surface area contributed by atoms with E-state index in [1.165, 1.54) is 7.11 Å². The van der Waals surface area contributed by atoms with Gasteiger partial charge in [-0.15, -0.1) is 0 Å². The molecule has 0 saturated carbocycles. The van der Waals surface area contributed by atoms with Gasteiger partial charge in [-0.2, -0.15) is 0 Å². The van der Waals surface area contributed by atoms with E-state index in [-0.39, 0.29) is 12.1 Å². The number of alkyl carbamates (subject to hydrolysis) is 1. The van der Waals surface area contributed by atoms with Crippen LogP contribution in [0.25, 0.3) is 0 Å². The normalized spacial score (nSPS) is 22.2. The number of nitrogens with one attached hydrogen (secondary N) is 1. The molecular formula is C12H24N2O4. The van der Waals surface area contributed by atoms with E-state index in [4.69, 9.17) is 4.74 Å². The largest absolute Gasteiger partial charge is 0.453 e. The Kier molecular flexibility index (Phi) is 6.38. The van der Waals surface area contributed by atoms with Crippen LogP contribution in [0.2, 0.25) is 0 Å². The van der Waals surface area contributed by atoms with Crippen molar-refractivity contribution in [3.05, 3.63) is 0 Å². The molecule has 1 heterocycles. The number of nitrogens with zero attached hydrogens (tertiary/aromatic N) is 1. The van der Waals surface area contributed by atoms with Crippen molar-refractivity contribution in [1.82, 2.24) is 10.2 Å². The van der Waals surface area contributed by atoms with Crippen molar-refractivity contribution in [1.29, 1.82) is 0 Å². The minimum Gasteiger partial charge on any atom is -0.453 e. The summed E-state index contributed by atoms with van der Waals surface area (Å²) >= 11 is 0. The van der Waals surface area contributed by atoms with E-state index in [2.05, 4.69) is 15.0 Å². The van der Waals surface area contributed by atoms with Crippen LogP contribution in [-0.4, -0.2) is 67.7 Å². The van der Waals surface area contributed by atoms with Crippen molar-refractivity contribution in [3.8, 4) is 0 Å². The third kappa shape index (κ3) is 5.66.